The molecule has 4 nitrogen and oxygen atoms in total. The monoisotopic (exact) mass is 236 g/mol. The van der Waals surface area contributed by atoms with Crippen LogP contribution < -0.4 is 10.9 Å². The van der Waals surface area contributed by atoms with Gasteiger partial charge in [-0.3, -0.25) is 9.59 Å². The zero-order valence-electron chi connectivity index (χ0n) is 11.3. The van der Waals surface area contributed by atoms with Crippen molar-refractivity contribution in [2.75, 3.05) is 0 Å². The van der Waals surface area contributed by atoms with Crippen LogP contribution in [0.2, 0.25) is 0 Å². The van der Waals surface area contributed by atoms with Crippen LogP contribution in [0.25, 0.3) is 0 Å². The Balaban J connectivity index is 3.29. The molecule has 0 aliphatic carbocycles. The number of hydrogen-bond acceptors (Lipinski definition) is 2. The second-order valence-corrected chi connectivity index (χ2v) is 5.41. The van der Waals surface area contributed by atoms with Gasteiger partial charge >= 0.3 is 0 Å². The Morgan fingerprint density at radius 2 is 1.82 bits per heavy atom. The molecule has 0 fully saturated rings. The molecule has 94 valence electrons. The predicted molar refractivity (Wildman–Crippen MR) is 68.4 cm³/mol. The molecule has 4 heteroatoms. The minimum atomic E-state index is -0.348. The van der Waals surface area contributed by atoms with E-state index in [2.05, 4.69) is 5.32 Å². The fourth-order valence-corrected chi connectivity index (χ4v) is 1.66. The zero-order valence-corrected chi connectivity index (χ0v) is 11.3. The molecule has 1 aromatic heterocycles. The molecule has 17 heavy (non-hydrogen) atoms. The number of carbonyl (C=O) groups is 1. The molecule has 1 amide bonds. The number of aryl methyl sites for hydroxylation is 2. The molecule has 1 rings (SSSR count). The highest BCUT2D eigenvalue weighted by atomic mass is 16.2. The molecule has 1 N–H and O–H groups in total. The normalized spacial score (nSPS) is 11.4. The lowest BCUT2D eigenvalue weighted by atomic mass is 10.1. The van der Waals surface area contributed by atoms with Gasteiger partial charge < -0.3 is 9.88 Å². The van der Waals surface area contributed by atoms with Gasteiger partial charge in [0.1, 0.15) is 5.56 Å². The highest BCUT2D eigenvalue weighted by Crippen LogP contribution is 2.07. The van der Waals surface area contributed by atoms with E-state index >= 15 is 0 Å². The Hall–Kier alpha value is -1.58. The van der Waals surface area contributed by atoms with Crippen LogP contribution in [0.4, 0.5) is 0 Å². The van der Waals surface area contributed by atoms with Crippen molar-refractivity contribution in [3.8, 4) is 0 Å². The molecule has 1 aromatic rings. The Kier molecular flexibility index (Phi) is 3.45. The van der Waals surface area contributed by atoms with E-state index < -0.39 is 0 Å². The lowest BCUT2D eigenvalue weighted by Crippen LogP contribution is -2.43. The molecule has 0 saturated carbocycles. The number of nitrogens with one attached hydrogen (secondary N) is 1. The van der Waals surface area contributed by atoms with E-state index in [-0.39, 0.29) is 22.6 Å². The van der Waals surface area contributed by atoms with Crippen LogP contribution in [0.3, 0.4) is 0 Å². The summed E-state index contributed by atoms with van der Waals surface area (Å²) < 4.78 is 1.49. The van der Waals surface area contributed by atoms with E-state index in [1.807, 2.05) is 33.8 Å². The van der Waals surface area contributed by atoms with Gasteiger partial charge in [-0.15, -0.1) is 0 Å². The first-order chi connectivity index (χ1) is 7.63. The second kappa shape index (κ2) is 4.35. The van der Waals surface area contributed by atoms with Crippen molar-refractivity contribution in [1.29, 1.82) is 0 Å². The molecule has 0 bridgehead atoms. The average Bonchev–Trinajstić information content (AvgIpc) is 2.11. The number of rotatable bonds is 1. The first-order valence-electron chi connectivity index (χ1n) is 5.63. The first kappa shape index (κ1) is 13.5. The van der Waals surface area contributed by atoms with Crippen LogP contribution >= 0.6 is 0 Å². The topological polar surface area (TPSA) is 51.1 Å². The van der Waals surface area contributed by atoms with Gasteiger partial charge in [0, 0.05) is 18.3 Å². The Bertz CT molecular complexity index is 507. The Labute approximate surface area is 102 Å². The quantitative estimate of drug-likeness (QED) is 0.804. The third-order valence-electron chi connectivity index (χ3n) is 2.58. The SMILES string of the molecule is Cc1cc(C)n(C)c(=O)c1C(=O)NC(C)(C)C. The summed E-state index contributed by atoms with van der Waals surface area (Å²) in [6.07, 6.45) is 0. The van der Waals surface area contributed by atoms with E-state index in [0.717, 1.165) is 5.69 Å². The number of aromatic nitrogens is 1. The summed E-state index contributed by atoms with van der Waals surface area (Å²) in [4.78, 5) is 24.1. The Morgan fingerprint density at radius 1 is 1.29 bits per heavy atom. The largest absolute Gasteiger partial charge is 0.347 e. The van der Waals surface area contributed by atoms with Crippen molar-refractivity contribution < 1.29 is 4.79 Å². The van der Waals surface area contributed by atoms with Gasteiger partial charge in [-0.05, 0) is 46.2 Å². The van der Waals surface area contributed by atoms with Crippen LogP contribution in [0, 0.1) is 13.8 Å². The van der Waals surface area contributed by atoms with Crippen LogP contribution in [-0.2, 0) is 7.05 Å². The zero-order chi connectivity index (χ0) is 13.4. The number of nitrogens with zero attached hydrogens (tertiary/aromatic N) is 1. The third kappa shape index (κ3) is 2.96. The van der Waals surface area contributed by atoms with Crippen LogP contribution in [0.15, 0.2) is 10.9 Å². The second-order valence-electron chi connectivity index (χ2n) is 5.41. The summed E-state index contributed by atoms with van der Waals surface area (Å²) >= 11 is 0. The van der Waals surface area contributed by atoms with Crippen molar-refractivity contribution >= 4 is 5.91 Å². The first-order valence-corrected chi connectivity index (χ1v) is 5.63. The summed E-state index contributed by atoms with van der Waals surface area (Å²) in [5.41, 5.74) is 1.20. The fraction of sp³-hybridized carbons (Fsp3) is 0.538. The van der Waals surface area contributed by atoms with E-state index in [9.17, 15) is 9.59 Å². The smallest absolute Gasteiger partial charge is 0.263 e. The van der Waals surface area contributed by atoms with Gasteiger partial charge in [0.25, 0.3) is 11.5 Å². The molecule has 1 heterocycles. The highest BCUT2D eigenvalue weighted by molar-refractivity contribution is 5.95. The van der Waals surface area contributed by atoms with E-state index in [4.69, 9.17) is 0 Å². The summed E-state index contributed by atoms with van der Waals surface area (Å²) in [6.45, 7) is 9.29. The van der Waals surface area contributed by atoms with Crippen molar-refractivity contribution in [2.45, 2.75) is 40.2 Å². The molecule has 0 atom stereocenters. The van der Waals surface area contributed by atoms with Crippen molar-refractivity contribution in [2.24, 2.45) is 7.05 Å². The number of carbonyl (C=O) groups excluding carboxylic acids is 1. The van der Waals surface area contributed by atoms with Crippen LogP contribution in [0.5, 0.6) is 0 Å². The van der Waals surface area contributed by atoms with E-state index in [1.54, 1.807) is 14.0 Å². The third-order valence-corrected chi connectivity index (χ3v) is 2.58. The van der Waals surface area contributed by atoms with E-state index in [0.29, 0.717) is 5.56 Å². The maximum absolute atomic E-state index is 12.0. The Morgan fingerprint density at radius 3 is 2.29 bits per heavy atom. The van der Waals surface area contributed by atoms with Gasteiger partial charge in [-0.25, -0.2) is 0 Å². The van der Waals surface area contributed by atoms with E-state index in [1.165, 1.54) is 4.57 Å². The summed E-state index contributed by atoms with van der Waals surface area (Å²) in [5, 5.41) is 2.81. The summed E-state index contributed by atoms with van der Waals surface area (Å²) in [7, 11) is 1.67. The molecular formula is C13H20N2O2. The van der Waals surface area contributed by atoms with Crippen molar-refractivity contribution in [3.63, 3.8) is 0 Å². The lowest BCUT2D eigenvalue weighted by molar-refractivity contribution is 0.0917. The van der Waals surface area contributed by atoms with Gasteiger partial charge in [0.15, 0.2) is 0 Å². The van der Waals surface area contributed by atoms with Crippen LogP contribution in [0.1, 0.15) is 42.4 Å². The number of hydrogen-bond donors (Lipinski definition) is 1. The van der Waals surface area contributed by atoms with Gasteiger partial charge in [-0.2, -0.15) is 0 Å². The molecule has 0 aliphatic heterocycles. The van der Waals surface area contributed by atoms with Gasteiger partial charge in [-0.1, -0.05) is 0 Å². The molecule has 0 unspecified atom stereocenters. The lowest BCUT2D eigenvalue weighted by Gasteiger charge is -2.21. The standard InChI is InChI=1S/C13H20N2O2/c1-8-7-9(2)15(6)12(17)10(8)11(16)14-13(3,4)5/h7H,1-6H3,(H,14,16). The van der Waals surface area contributed by atoms with Crippen LogP contribution in [-0.4, -0.2) is 16.0 Å². The molecule has 0 spiro atoms. The number of amides is 1. The molecule has 0 saturated heterocycles. The minimum Gasteiger partial charge on any atom is -0.347 e. The molecule has 0 aliphatic rings. The molecule has 0 radical (unpaired) electrons. The maximum atomic E-state index is 12.0. The summed E-state index contributed by atoms with van der Waals surface area (Å²) in [5.74, 6) is -0.310. The molecular weight excluding hydrogens is 216 g/mol. The van der Waals surface area contributed by atoms with Gasteiger partial charge in [0.2, 0.25) is 0 Å². The highest BCUT2D eigenvalue weighted by Gasteiger charge is 2.20. The molecule has 0 aromatic carbocycles. The average molecular weight is 236 g/mol. The predicted octanol–water partition coefficient (Wildman–Crippen LogP) is 1.53. The maximum Gasteiger partial charge on any atom is 0.263 e. The van der Waals surface area contributed by atoms with Crippen molar-refractivity contribution in [1.82, 2.24) is 9.88 Å². The number of pyridine rings is 1. The minimum absolute atomic E-state index is 0.230. The fourth-order valence-electron chi connectivity index (χ4n) is 1.66. The summed E-state index contributed by atoms with van der Waals surface area (Å²) in [6, 6.07) is 1.85. The van der Waals surface area contributed by atoms with Crippen molar-refractivity contribution in [3.05, 3.63) is 33.2 Å². The van der Waals surface area contributed by atoms with Gasteiger partial charge in [0.05, 0.1) is 0 Å².